The summed E-state index contributed by atoms with van der Waals surface area (Å²) in [7, 11) is 0. The van der Waals surface area contributed by atoms with Crippen LogP contribution < -0.4 is 16.0 Å². The molecule has 0 spiro atoms. The number of nitrogen functional groups attached to an aromatic ring is 1. The fraction of sp³-hybridized carbons (Fsp3) is 0.0909. The van der Waals surface area contributed by atoms with Gasteiger partial charge in [-0.15, -0.1) is 0 Å². The van der Waals surface area contributed by atoms with Crippen molar-refractivity contribution in [3.8, 4) is 11.6 Å². The molecule has 0 saturated heterocycles. The molecule has 0 unspecified atom stereocenters. The van der Waals surface area contributed by atoms with E-state index in [0.717, 1.165) is 0 Å². The first kappa shape index (κ1) is 12.7. The fourth-order valence-electron chi connectivity index (χ4n) is 1.33. The zero-order valence-electron chi connectivity index (χ0n) is 9.45. The Morgan fingerprint density at radius 2 is 2.17 bits per heavy atom. The molecule has 0 fully saturated rings. The Balaban J connectivity index is 2.37. The second-order valence-corrected chi connectivity index (χ2v) is 4.27. The molecule has 0 aliphatic heterocycles. The van der Waals surface area contributed by atoms with Crippen molar-refractivity contribution >= 4 is 21.7 Å². The number of anilines is 1. The minimum absolute atomic E-state index is 0.0948. The molecule has 5 nitrogen and oxygen atoms in total. The molecule has 94 valence electrons. The summed E-state index contributed by atoms with van der Waals surface area (Å²) in [5.41, 5.74) is 2.87. The van der Waals surface area contributed by atoms with Crippen LogP contribution in [0.5, 0.6) is 11.6 Å². The van der Waals surface area contributed by atoms with E-state index in [0.29, 0.717) is 15.9 Å². The monoisotopic (exact) mass is 312 g/mol. The van der Waals surface area contributed by atoms with Gasteiger partial charge in [-0.3, -0.25) is 0 Å². The summed E-state index contributed by atoms with van der Waals surface area (Å²) in [6.07, 6.45) is 1.27. The molecule has 7 heteroatoms. The summed E-state index contributed by atoms with van der Waals surface area (Å²) < 4.78 is 19.6. The van der Waals surface area contributed by atoms with Gasteiger partial charge in [0.15, 0.2) is 17.4 Å². The lowest BCUT2D eigenvalue weighted by atomic mass is 10.2. The van der Waals surface area contributed by atoms with Crippen LogP contribution in [0, 0.1) is 12.7 Å². The Labute approximate surface area is 111 Å². The maximum Gasteiger partial charge on any atom is 0.239 e. The summed E-state index contributed by atoms with van der Waals surface area (Å²) in [6.45, 7) is 1.66. The molecule has 18 heavy (non-hydrogen) atoms. The number of nitrogens with one attached hydrogen (secondary N) is 1. The van der Waals surface area contributed by atoms with Gasteiger partial charge in [-0.2, -0.15) is 0 Å². The molecule has 0 atom stereocenters. The average molecular weight is 313 g/mol. The lowest BCUT2D eigenvalue weighted by Gasteiger charge is -2.10. The van der Waals surface area contributed by atoms with E-state index < -0.39 is 5.82 Å². The molecule has 0 amide bonds. The van der Waals surface area contributed by atoms with Crippen molar-refractivity contribution in [3.63, 3.8) is 0 Å². The van der Waals surface area contributed by atoms with Crippen LogP contribution in [0.2, 0.25) is 0 Å². The first-order chi connectivity index (χ1) is 8.63. The van der Waals surface area contributed by atoms with Gasteiger partial charge in [0.2, 0.25) is 5.88 Å². The van der Waals surface area contributed by atoms with Crippen LogP contribution in [0.1, 0.15) is 5.56 Å². The SMILES string of the molecule is Cc1cccc(Oc2ncnc(NN)c2Br)c1F. The van der Waals surface area contributed by atoms with Crippen molar-refractivity contribution < 1.29 is 9.13 Å². The number of nitrogens with zero attached hydrogens (tertiary/aromatic N) is 2. The molecule has 3 N–H and O–H groups in total. The Hall–Kier alpha value is -1.73. The number of hydrazine groups is 1. The van der Waals surface area contributed by atoms with E-state index in [1.807, 2.05) is 0 Å². The number of halogens is 2. The van der Waals surface area contributed by atoms with Crippen molar-refractivity contribution in [1.82, 2.24) is 9.97 Å². The zero-order chi connectivity index (χ0) is 13.1. The highest BCUT2D eigenvalue weighted by Gasteiger charge is 2.13. The molecule has 0 bridgehead atoms. The summed E-state index contributed by atoms with van der Waals surface area (Å²) in [4.78, 5) is 7.78. The Bertz CT molecular complexity index is 579. The summed E-state index contributed by atoms with van der Waals surface area (Å²) in [6, 6.07) is 4.88. The van der Waals surface area contributed by atoms with Crippen LogP contribution in [0.3, 0.4) is 0 Å². The topological polar surface area (TPSA) is 73.1 Å². The molecule has 1 aromatic heterocycles. The van der Waals surface area contributed by atoms with Crippen LogP contribution in [0.25, 0.3) is 0 Å². The van der Waals surface area contributed by atoms with Gasteiger partial charge in [-0.05, 0) is 34.5 Å². The molecule has 1 heterocycles. The van der Waals surface area contributed by atoms with E-state index in [-0.39, 0.29) is 11.6 Å². The quantitative estimate of drug-likeness (QED) is 0.673. The van der Waals surface area contributed by atoms with E-state index >= 15 is 0 Å². The molecule has 2 rings (SSSR count). The molecule has 0 aliphatic rings. The van der Waals surface area contributed by atoms with E-state index in [9.17, 15) is 4.39 Å². The predicted octanol–water partition coefficient (Wildman–Crippen LogP) is 2.76. The van der Waals surface area contributed by atoms with Gasteiger partial charge in [0.25, 0.3) is 0 Å². The lowest BCUT2D eigenvalue weighted by molar-refractivity contribution is 0.422. The molecular formula is C11H10BrFN4O. The van der Waals surface area contributed by atoms with Gasteiger partial charge in [0, 0.05) is 0 Å². The number of nitrogens with two attached hydrogens (primary N) is 1. The second-order valence-electron chi connectivity index (χ2n) is 3.47. The lowest BCUT2D eigenvalue weighted by Crippen LogP contribution is -2.10. The highest BCUT2D eigenvalue weighted by atomic mass is 79.9. The highest BCUT2D eigenvalue weighted by molar-refractivity contribution is 9.10. The van der Waals surface area contributed by atoms with Gasteiger partial charge < -0.3 is 10.2 Å². The Kier molecular flexibility index (Phi) is 3.73. The van der Waals surface area contributed by atoms with Crippen LogP contribution in [-0.4, -0.2) is 9.97 Å². The summed E-state index contributed by atoms with van der Waals surface area (Å²) in [5, 5.41) is 0. The molecule has 0 radical (unpaired) electrons. The van der Waals surface area contributed by atoms with E-state index in [4.69, 9.17) is 10.6 Å². The third-order valence-corrected chi connectivity index (χ3v) is 2.97. The Morgan fingerprint density at radius 3 is 2.89 bits per heavy atom. The van der Waals surface area contributed by atoms with Gasteiger partial charge in [-0.25, -0.2) is 20.2 Å². The third kappa shape index (κ3) is 2.41. The first-order valence-electron chi connectivity index (χ1n) is 5.03. The number of aromatic nitrogens is 2. The van der Waals surface area contributed by atoms with E-state index in [1.165, 1.54) is 12.4 Å². The molecule has 0 saturated carbocycles. The predicted molar refractivity (Wildman–Crippen MR) is 68.8 cm³/mol. The van der Waals surface area contributed by atoms with Crippen molar-refractivity contribution in [2.45, 2.75) is 6.92 Å². The smallest absolute Gasteiger partial charge is 0.239 e. The van der Waals surface area contributed by atoms with Gasteiger partial charge in [-0.1, -0.05) is 12.1 Å². The molecule has 2 aromatic rings. The van der Waals surface area contributed by atoms with Crippen molar-refractivity contribution in [3.05, 3.63) is 40.4 Å². The highest BCUT2D eigenvalue weighted by Crippen LogP contribution is 2.32. The third-order valence-electron chi connectivity index (χ3n) is 2.26. The maximum absolute atomic E-state index is 13.8. The number of ether oxygens (including phenoxy) is 1. The van der Waals surface area contributed by atoms with Crippen LogP contribution >= 0.6 is 15.9 Å². The van der Waals surface area contributed by atoms with E-state index in [1.54, 1.807) is 19.1 Å². The summed E-state index contributed by atoms with van der Waals surface area (Å²) in [5.74, 6) is 5.47. The van der Waals surface area contributed by atoms with Crippen LogP contribution in [0.15, 0.2) is 29.0 Å². The van der Waals surface area contributed by atoms with Crippen molar-refractivity contribution in [2.24, 2.45) is 5.84 Å². The van der Waals surface area contributed by atoms with Gasteiger partial charge in [0.05, 0.1) is 0 Å². The zero-order valence-corrected chi connectivity index (χ0v) is 11.0. The van der Waals surface area contributed by atoms with E-state index in [2.05, 4.69) is 31.3 Å². The van der Waals surface area contributed by atoms with Gasteiger partial charge >= 0.3 is 0 Å². The van der Waals surface area contributed by atoms with Crippen molar-refractivity contribution in [2.75, 3.05) is 5.43 Å². The first-order valence-corrected chi connectivity index (χ1v) is 5.83. The number of rotatable bonds is 3. The number of hydrogen-bond donors (Lipinski definition) is 2. The van der Waals surface area contributed by atoms with Crippen LogP contribution in [0.4, 0.5) is 10.2 Å². The average Bonchev–Trinajstić information content (AvgIpc) is 2.37. The number of aryl methyl sites for hydroxylation is 1. The number of benzene rings is 1. The molecule has 1 aromatic carbocycles. The van der Waals surface area contributed by atoms with Crippen molar-refractivity contribution in [1.29, 1.82) is 0 Å². The molecule has 0 aliphatic carbocycles. The maximum atomic E-state index is 13.8. The largest absolute Gasteiger partial charge is 0.435 e. The van der Waals surface area contributed by atoms with Gasteiger partial charge in [0.1, 0.15) is 10.8 Å². The number of hydrogen-bond acceptors (Lipinski definition) is 5. The van der Waals surface area contributed by atoms with Crippen LogP contribution in [-0.2, 0) is 0 Å². The second kappa shape index (κ2) is 5.28. The minimum atomic E-state index is -0.426. The summed E-state index contributed by atoms with van der Waals surface area (Å²) >= 11 is 3.23. The molecular weight excluding hydrogens is 303 g/mol. The fourth-order valence-corrected chi connectivity index (χ4v) is 1.73. The minimum Gasteiger partial charge on any atom is -0.435 e. The Morgan fingerprint density at radius 1 is 1.39 bits per heavy atom. The normalized spacial score (nSPS) is 10.2. The standard InChI is InChI=1S/C11H10BrFN4O/c1-6-3-2-4-7(9(6)13)18-11-8(12)10(17-14)15-5-16-11/h2-5H,14H2,1H3,(H,15,16,17).